The third-order valence-electron chi connectivity index (χ3n) is 2.39. The Morgan fingerprint density at radius 3 is 2.35 bits per heavy atom. The lowest BCUT2D eigenvalue weighted by atomic mass is 10.2. The molecule has 0 saturated heterocycles. The second-order valence-corrected chi connectivity index (χ2v) is 4.17. The molecule has 0 aliphatic carbocycles. The number of carbonyl (C=O) groups is 2. The third kappa shape index (κ3) is 6.80. The van der Waals surface area contributed by atoms with Gasteiger partial charge in [0.05, 0.1) is 19.1 Å². The number of carbonyl (C=O) groups excluding carboxylic acids is 2. The van der Waals surface area contributed by atoms with E-state index in [0.717, 1.165) is 0 Å². The summed E-state index contributed by atoms with van der Waals surface area (Å²) in [7, 11) is 3.84. The van der Waals surface area contributed by atoms with E-state index < -0.39 is 0 Å². The van der Waals surface area contributed by atoms with E-state index in [2.05, 4.69) is 17.1 Å². The predicted octanol–water partition coefficient (Wildman–Crippen LogP) is -0.441. The van der Waals surface area contributed by atoms with E-state index >= 15 is 0 Å². The maximum absolute atomic E-state index is 11.7. The minimum absolute atomic E-state index is 0.00389. The van der Waals surface area contributed by atoms with Gasteiger partial charge in [-0.05, 0) is 27.9 Å². The van der Waals surface area contributed by atoms with Crippen LogP contribution in [0, 0.1) is 0 Å². The van der Waals surface area contributed by atoms with Gasteiger partial charge in [0.25, 0.3) is 5.91 Å². The molecule has 6 nitrogen and oxygen atoms in total. The Hall–Kier alpha value is -1.27. The molecule has 0 spiro atoms. The zero-order valence-corrected chi connectivity index (χ0v) is 11.1. The number of rotatable bonds is 8. The molecule has 1 atom stereocenters. The first-order valence-corrected chi connectivity index (χ1v) is 5.54. The molecule has 6 heteroatoms. The lowest BCUT2D eigenvalue weighted by molar-refractivity contribution is -0.130. The Balaban J connectivity index is 4.08. The highest BCUT2D eigenvalue weighted by molar-refractivity contribution is 5.83. The summed E-state index contributed by atoms with van der Waals surface area (Å²) in [5.74, 6) is -0.181. The fourth-order valence-corrected chi connectivity index (χ4v) is 1.04. The molecule has 0 unspecified atom stereocenters. The Morgan fingerprint density at radius 1 is 1.35 bits per heavy atom. The Bertz CT molecular complexity index is 279. The molecule has 98 valence electrons. The number of amides is 1. The van der Waals surface area contributed by atoms with Crippen molar-refractivity contribution in [2.24, 2.45) is 5.10 Å². The van der Waals surface area contributed by atoms with Crippen LogP contribution >= 0.6 is 0 Å². The minimum Gasteiger partial charge on any atom is -0.308 e. The smallest absolute Gasteiger partial charge is 0.256 e. The van der Waals surface area contributed by atoms with Gasteiger partial charge >= 0.3 is 0 Å². The average Bonchev–Trinajstić information content (AvgIpc) is 2.25. The van der Waals surface area contributed by atoms with Crippen LogP contribution in [0.1, 0.15) is 13.8 Å². The summed E-state index contributed by atoms with van der Waals surface area (Å²) < 4.78 is 0. The topological polar surface area (TPSA) is 65.0 Å². The molecule has 0 rings (SSSR count). The molecule has 0 bridgehead atoms. The first kappa shape index (κ1) is 15.7. The van der Waals surface area contributed by atoms with Crippen LogP contribution in [0.4, 0.5) is 0 Å². The van der Waals surface area contributed by atoms with Crippen LogP contribution in [-0.4, -0.2) is 68.1 Å². The Kier molecular flexibility index (Phi) is 7.32. The Morgan fingerprint density at radius 2 is 1.94 bits per heavy atom. The summed E-state index contributed by atoms with van der Waals surface area (Å²) in [5, 5.41) is 7.81. The molecular formula is C11H22N4O2. The highest BCUT2D eigenvalue weighted by atomic mass is 16.2. The molecule has 0 aromatic rings. The molecule has 0 aromatic carbocycles. The van der Waals surface area contributed by atoms with E-state index in [4.69, 9.17) is 0 Å². The summed E-state index contributed by atoms with van der Waals surface area (Å²) in [4.78, 5) is 24.6. The van der Waals surface area contributed by atoms with Gasteiger partial charge in [-0.3, -0.25) is 14.9 Å². The van der Waals surface area contributed by atoms with Gasteiger partial charge in [0, 0.05) is 13.3 Å². The largest absolute Gasteiger partial charge is 0.308 e. The van der Waals surface area contributed by atoms with Crippen molar-refractivity contribution in [3.05, 3.63) is 0 Å². The molecule has 0 fully saturated rings. The van der Waals surface area contributed by atoms with Gasteiger partial charge in [-0.25, -0.2) is 5.01 Å². The first-order chi connectivity index (χ1) is 7.88. The molecule has 0 radical (unpaired) electrons. The van der Waals surface area contributed by atoms with Crippen molar-refractivity contribution in [2.45, 2.75) is 19.9 Å². The molecule has 1 N–H and O–H groups in total. The molecule has 0 aliphatic rings. The van der Waals surface area contributed by atoms with Gasteiger partial charge in [0.15, 0.2) is 0 Å². The molecule has 1 amide bonds. The van der Waals surface area contributed by atoms with Gasteiger partial charge in [0.2, 0.25) is 0 Å². The number of hydrazone groups is 1. The maximum atomic E-state index is 11.7. The maximum Gasteiger partial charge on any atom is 0.256 e. The van der Waals surface area contributed by atoms with Crippen LogP contribution in [0.25, 0.3) is 0 Å². The number of nitrogens with zero attached hydrogens (tertiary/aromatic N) is 3. The number of ketones is 1. The summed E-state index contributed by atoms with van der Waals surface area (Å²) in [6, 6.07) is -0.320. The van der Waals surface area contributed by atoms with Crippen LogP contribution in [0.2, 0.25) is 0 Å². The first-order valence-electron chi connectivity index (χ1n) is 5.54. The van der Waals surface area contributed by atoms with E-state index in [0.29, 0.717) is 13.1 Å². The number of hydrogen-bond acceptors (Lipinski definition) is 5. The number of Topliss-reactive ketones (excluding diaryl/α,β-unsaturated/α-hetero) is 1. The van der Waals surface area contributed by atoms with E-state index in [1.807, 2.05) is 19.0 Å². The number of hydrogen-bond donors (Lipinski definition) is 1. The van der Waals surface area contributed by atoms with Crippen molar-refractivity contribution in [3.63, 3.8) is 0 Å². The lowest BCUT2D eigenvalue weighted by Crippen LogP contribution is -2.42. The van der Waals surface area contributed by atoms with Crippen molar-refractivity contribution in [1.29, 1.82) is 0 Å². The predicted molar refractivity (Wildman–Crippen MR) is 68.0 cm³/mol. The van der Waals surface area contributed by atoms with Crippen molar-refractivity contribution < 1.29 is 9.59 Å². The average molecular weight is 242 g/mol. The molecule has 0 aromatic heterocycles. The standard InChI is InChI=1S/C11H22N4O2/c1-9(10(2)16)13-8-11(17)15(12-3)7-6-14(4)5/h9,13H,3,6-8H2,1-2,4-5H3/t9-/m0/s1. The second kappa shape index (κ2) is 7.92. The summed E-state index contributed by atoms with van der Waals surface area (Å²) in [6.45, 7) is 7.87. The summed E-state index contributed by atoms with van der Waals surface area (Å²) in [6.07, 6.45) is 0. The molecular weight excluding hydrogens is 220 g/mol. The normalized spacial score (nSPS) is 12.3. The molecule has 0 heterocycles. The van der Waals surface area contributed by atoms with Crippen LogP contribution in [0.3, 0.4) is 0 Å². The fraction of sp³-hybridized carbons (Fsp3) is 0.727. The van der Waals surface area contributed by atoms with Crippen LogP contribution < -0.4 is 5.32 Å². The fourth-order valence-electron chi connectivity index (χ4n) is 1.04. The monoisotopic (exact) mass is 242 g/mol. The highest BCUT2D eigenvalue weighted by Gasteiger charge is 2.14. The quantitative estimate of drug-likeness (QED) is 0.463. The van der Waals surface area contributed by atoms with E-state index in [1.54, 1.807) is 6.92 Å². The van der Waals surface area contributed by atoms with Crippen LogP contribution in [0.15, 0.2) is 5.10 Å². The van der Waals surface area contributed by atoms with Gasteiger partial charge in [-0.15, -0.1) is 0 Å². The third-order valence-corrected chi connectivity index (χ3v) is 2.39. The second-order valence-electron chi connectivity index (χ2n) is 4.17. The van der Waals surface area contributed by atoms with Gasteiger partial charge < -0.3 is 4.90 Å². The molecule has 0 aliphatic heterocycles. The van der Waals surface area contributed by atoms with E-state index in [-0.39, 0.29) is 24.3 Å². The number of nitrogens with one attached hydrogen (secondary N) is 1. The van der Waals surface area contributed by atoms with Crippen molar-refractivity contribution in [3.8, 4) is 0 Å². The van der Waals surface area contributed by atoms with Crippen molar-refractivity contribution in [1.82, 2.24) is 15.2 Å². The van der Waals surface area contributed by atoms with Gasteiger partial charge in [-0.1, -0.05) is 0 Å². The van der Waals surface area contributed by atoms with Gasteiger partial charge in [-0.2, -0.15) is 5.10 Å². The lowest BCUT2D eigenvalue weighted by Gasteiger charge is -2.20. The summed E-state index contributed by atoms with van der Waals surface area (Å²) >= 11 is 0. The number of likely N-dealkylation sites (N-methyl/N-ethyl adjacent to an activating group) is 1. The van der Waals surface area contributed by atoms with E-state index in [1.165, 1.54) is 11.9 Å². The molecule has 0 saturated carbocycles. The molecule has 17 heavy (non-hydrogen) atoms. The van der Waals surface area contributed by atoms with Crippen molar-refractivity contribution in [2.75, 3.05) is 33.7 Å². The zero-order valence-electron chi connectivity index (χ0n) is 11.1. The Labute approximate surface area is 103 Å². The highest BCUT2D eigenvalue weighted by Crippen LogP contribution is 1.92. The van der Waals surface area contributed by atoms with E-state index in [9.17, 15) is 9.59 Å². The van der Waals surface area contributed by atoms with Crippen molar-refractivity contribution >= 4 is 18.4 Å². The summed E-state index contributed by atoms with van der Waals surface area (Å²) in [5.41, 5.74) is 0. The van der Waals surface area contributed by atoms with Gasteiger partial charge in [0.1, 0.15) is 5.78 Å². The SMILES string of the molecule is C=NN(CCN(C)C)C(=O)CN[C@@H](C)C(C)=O. The zero-order chi connectivity index (χ0) is 13.4. The van der Waals surface area contributed by atoms with Crippen LogP contribution in [-0.2, 0) is 9.59 Å². The van der Waals surface area contributed by atoms with Crippen LogP contribution in [0.5, 0.6) is 0 Å². The minimum atomic E-state index is -0.320.